The third kappa shape index (κ3) is 4.21. The molecule has 0 saturated carbocycles. The Kier molecular flexibility index (Phi) is 5.76. The Hall–Kier alpha value is -2.77. The van der Waals surface area contributed by atoms with Gasteiger partial charge in [-0.3, -0.25) is 4.98 Å². The maximum absolute atomic E-state index is 13.9. The highest BCUT2D eigenvalue weighted by Crippen LogP contribution is 2.27. The lowest BCUT2D eigenvalue weighted by Gasteiger charge is -2.15. The molecule has 0 unspecified atom stereocenters. The summed E-state index contributed by atoms with van der Waals surface area (Å²) >= 11 is 0. The molecule has 0 aliphatic rings. The summed E-state index contributed by atoms with van der Waals surface area (Å²) in [7, 11) is -2.41. The van der Waals surface area contributed by atoms with Crippen LogP contribution in [0.2, 0.25) is 0 Å². The minimum Gasteiger partial charge on any atom is -0.497 e. The number of rotatable bonds is 6. The van der Waals surface area contributed by atoms with Gasteiger partial charge in [0.05, 0.1) is 12.8 Å². The fraction of sp³-hybridized carbons (Fsp3) is 0.190. The van der Waals surface area contributed by atoms with Crippen LogP contribution in [0.5, 0.6) is 5.75 Å². The van der Waals surface area contributed by atoms with Crippen LogP contribution in [0, 0.1) is 19.7 Å². The molecule has 7 heteroatoms. The largest absolute Gasteiger partial charge is 0.497 e. The molecule has 0 fully saturated rings. The van der Waals surface area contributed by atoms with Crippen LogP contribution in [-0.2, 0) is 16.6 Å². The van der Waals surface area contributed by atoms with E-state index in [1.54, 1.807) is 7.11 Å². The Morgan fingerprint density at radius 1 is 1.07 bits per heavy atom. The molecule has 28 heavy (non-hydrogen) atoms. The zero-order chi connectivity index (χ0) is 20.3. The lowest BCUT2D eigenvalue weighted by molar-refractivity contribution is 0.415. The molecule has 5 nitrogen and oxygen atoms in total. The van der Waals surface area contributed by atoms with E-state index in [1.165, 1.54) is 18.2 Å². The summed E-state index contributed by atoms with van der Waals surface area (Å²) in [6.07, 6.45) is 0. The van der Waals surface area contributed by atoms with Gasteiger partial charge in [0.15, 0.2) is 0 Å². The number of halogens is 1. The lowest BCUT2D eigenvalue weighted by atomic mass is 10.0. The number of nitrogens with zero attached hydrogens (tertiary/aromatic N) is 1. The average molecular weight is 400 g/mol. The van der Waals surface area contributed by atoms with E-state index in [1.807, 2.05) is 44.2 Å². The molecular formula is C21H21FN2O3S. The van der Waals surface area contributed by atoms with Crippen molar-refractivity contribution in [3.8, 4) is 17.0 Å². The van der Waals surface area contributed by atoms with E-state index in [9.17, 15) is 12.8 Å². The maximum Gasteiger partial charge on any atom is 0.243 e. The summed E-state index contributed by atoms with van der Waals surface area (Å²) in [6, 6.07) is 14.6. The number of ether oxygens (including phenoxy) is 1. The first-order valence-corrected chi connectivity index (χ1v) is 10.2. The number of hydrogen-bond acceptors (Lipinski definition) is 4. The van der Waals surface area contributed by atoms with Crippen molar-refractivity contribution in [2.45, 2.75) is 25.3 Å². The van der Waals surface area contributed by atoms with Crippen molar-refractivity contribution in [1.29, 1.82) is 0 Å². The molecule has 1 N–H and O–H groups in total. The second-order valence-electron chi connectivity index (χ2n) is 6.39. The number of sulfonamides is 1. The fourth-order valence-corrected chi connectivity index (χ4v) is 4.05. The fourth-order valence-electron chi connectivity index (χ4n) is 2.98. The van der Waals surface area contributed by atoms with Crippen LogP contribution >= 0.6 is 0 Å². The Labute approximate surface area is 164 Å². The van der Waals surface area contributed by atoms with Crippen LogP contribution in [0.1, 0.15) is 16.8 Å². The first kappa shape index (κ1) is 20.0. The minimum absolute atomic E-state index is 0.00283. The molecule has 0 amide bonds. The number of methoxy groups -OCH3 is 1. The van der Waals surface area contributed by atoms with Gasteiger partial charge in [0.2, 0.25) is 10.0 Å². The number of aryl methyl sites for hydroxylation is 2. The van der Waals surface area contributed by atoms with E-state index in [0.717, 1.165) is 34.2 Å². The Balaban J connectivity index is 1.97. The van der Waals surface area contributed by atoms with E-state index < -0.39 is 15.8 Å². The highest BCUT2D eigenvalue weighted by Gasteiger charge is 2.20. The standard InChI is InChI=1S/C21H21FN2O3S/c1-14-12-15(2)24-21(16-8-10-17(27-3)11-9-16)18(14)13-23-28(25,26)20-7-5-4-6-19(20)22/h4-12,23H,13H2,1-3H3. The Morgan fingerprint density at radius 3 is 2.39 bits per heavy atom. The van der Waals surface area contributed by atoms with Crippen molar-refractivity contribution in [1.82, 2.24) is 9.71 Å². The van der Waals surface area contributed by atoms with Gasteiger partial charge in [0.1, 0.15) is 16.5 Å². The van der Waals surface area contributed by atoms with Gasteiger partial charge < -0.3 is 4.74 Å². The zero-order valence-corrected chi connectivity index (χ0v) is 16.7. The highest BCUT2D eigenvalue weighted by atomic mass is 32.2. The number of aromatic nitrogens is 1. The second-order valence-corrected chi connectivity index (χ2v) is 8.13. The molecule has 0 spiro atoms. The minimum atomic E-state index is -4.00. The summed E-state index contributed by atoms with van der Waals surface area (Å²) in [5.74, 6) is -0.0703. The van der Waals surface area contributed by atoms with Crippen LogP contribution in [0.4, 0.5) is 4.39 Å². The van der Waals surface area contributed by atoms with Crippen molar-refractivity contribution < 1.29 is 17.5 Å². The van der Waals surface area contributed by atoms with Gasteiger partial charge in [0, 0.05) is 17.8 Å². The molecule has 0 aliphatic heterocycles. The molecule has 146 valence electrons. The van der Waals surface area contributed by atoms with E-state index in [4.69, 9.17) is 4.74 Å². The lowest BCUT2D eigenvalue weighted by Crippen LogP contribution is -2.25. The number of benzene rings is 2. The molecule has 0 aliphatic carbocycles. The van der Waals surface area contributed by atoms with E-state index in [2.05, 4.69) is 9.71 Å². The SMILES string of the molecule is COc1ccc(-c2nc(C)cc(C)c2CNS(=O)(=O)c2ccccc2F)cc1. The number of nitrogens with one attached hydrogen (secondary N) is 1. The van der Waals surface area contributed by atoms with Crippen LogP contribution in [0.15, 0.2) is 59.5 Å². The van der Waals surface area contributed by atoms with Crippen LogP contribution in [-0.4, -0.2) is 20.5 Å². The molecule has 0 saturated heterocycles. The Morgan fingerprint density at radius 2 is 1.75 bits per heavy atom. The van der Waals surface area contributed by atoms with E-state index in [-0.39, 0.29) is 11.4 Å². The monoisotopic (exact) mass is 400 g/mol. The topological polar surface area (TPSA) is 68.3 Å². The van der Waals surface area contributed by atoms with Crippen molar-refractivity contribution in [3.63, 3.8) is 0 Å². The van der Waals surface area contributed by atoms with Gasteiger partial charge in [-0.2, -0.15) is 0 Å². The van der Waals surface area contributed by atoms with Gasteiger partial charge >= 0.3 is 0 Å². The van der Waals surface area contributed by atoms with Gasteiger partial charge in [-0.15, -0.1) is 0 Å². The zero-order valence-electron chi connectivity index (χ0n) is 15.9. The molecular weight excluding hydrogens is 379 g/mol. The highest BCUT2D eigenvalue weighted by molar-refractivity contribution is 7.89. The van der Waals surface area contributed by atoms with Crippen molar-refractivity contribution >= 4 is 10.0 Å². The van der Waals surface area contributed by atoms with Crippen LogP contribution in [0.25, 0.3) is 11.3 Å². The third-order valence-corrected chi connectivity index (χ3v) is 5.84. The van der Waals surface area contributed by atoms with Crippen molar-refractivity contribution in [3.05, 3.63) is 77.2 Å². The summed E-state index contributed by atoms with van der Waals surface area (Å²) in [5, 5.41) is 0. The molecule has 0 radical (unpaired) electrons. The summed E-state index contributed by atoms with van der Waals surface area (Å²) in [4.78, 5) is 4.22. The van der Waals surface area contributed by atoms with E-state index in [0.29, 0.717) is 5.69 Å². The number of pyridine rings is 1. The molecule has 0 bridgehead atoms. The summed E-state index contributed by atoms with van der Waals surface area (Å²) < 4.78 is 46.7. The van der Waals surface area contributed by atoms with Gasteiger partial charge in [-0.05, 0) is 67.4 Å². The summed E-state index contributed by atoms with van der Waals surface area (Å²) in [5.41, 5.74) is 3.97. The summed E-state index contributed by atoms with van der Waals surface area (Å²) in [6.45, 7) is 3.78. The second kappa shape index (κ2) is 8.08. The third-order valence-electron chi connectivity index (χ3n) is 4.40. The number of hydrogen-bond donors (Lipinski definition) is 1. The smallest absolute Gasteiger partial charge is 0.243 e. The predicted octanol–water partition coefficient (Wildman–Crippen LogP) is 3.99. The average Bonchev–Trinajstić information content (AvgIpc) is 2.67. The van der Waals surface area contributed by atoms with Crippen LogP contribution in [0.3, 0.4) is 0 Å². The van der Waals surface area contributed by atoms with Crippen molar-refractivity contribution in [2.75, 3.05) is 7.11 Å². The van der Waals surface area contributed by atoms with Gasteiger partial charge in [0.25, 0.3) is 0 Å². The van der Waals surface area contributed by atoms with Gasteiger partial charge in [-0.25, -0.2) is 17.5 Å². The quantitative estimate of drug-likeness (QED) is 0.679. The molecule has 3 rings (SSSR count). The Bertz CT molecular complexity index is 1100. The molecule has 1 heterocycles. The molecule has 1 aromatic heterocycles. The predicted molar refractivity (Wildman–Crippen MR) is 106 cm³/mol. The van der Waals surface area contributed by atoms with Crippen LogP contribution < -0.4 is 9.46 Å². The maximum atomic E-state index is 13.9. The molecule has 0 atom stereocenters. The van der Waals surface area contributed by atoms with Gasteiger partial charge in [-0.1, -0.05) is 12.1 Å². The van der Waals surface area contributed by atoms with E-state index >= 15 is 0 Å². The molecule has 3 aromatic rings. The molecule has 2 aromatic carbocycles. The first-order valence-electron chi connectivity index (χ1n) is 8.67. The first-order chi connectivity index (χ1) is 13.3. The normalized spacial score (nSPS) is 11.4. The van der Waals surface area contributed by atoms with Crippen molar-refractivity contribution in [2.24, 2.45) is 0 Å².